The van der Waals surface area contributed by atoms with Gasteiger partial charge in [0.1, 0.15) is 6.54 Å². The van der Waals surface area contributed by atoms with Gasteiger partial charge in [-0.15, -0.1) is 0 Å². The summed E-state index contributed by atoms with van der Waals surface area (Å²) in [5.74, 6) is -0.254. The Morgan fingerprint density at radius 3 is 2.93 bits per heavy atom. The van der Waals surface area contributed by atoms with Crippen LogP contribution in [-0.4, -0.2) is 36.5 Å². The number of hydrogen-bond donors (Lipinski definition) is 0. The molecule has 0 radical (unpaired) electrons. The van der Waals surface area contributed by atoms with Gasteiger partial charge in [-0.25, -0.2) is 0 Å². The third-order valence-corrected chi connectivity index (χ3v) is 2.60. The Balaban J connectivity index is 2.53. The summed E-state index contributed by atoms with van der Waals surface area (Å²) < 4.78 is 4.55. The van der Waals surface area contributed by atoms with Crippen LogP contribution < -0.4 is 0 Å². The number of carbonyl (C=O) groups excluding carboxylic acids is 2. The summed E-state index contributed by atoms with van der Waals surface area (Å²) in [6, 6.07) is 0.242. The summed E-state index contributed by atoms with van der Waals surface area (Å²) in [4.78, 5) is 24.1. The molecule has 1 rings (SSSR count). The van der Waals surface area contributed by atoms with Gasteiger partial charge in [-0.3, -0.25) is 9.59 Å². The van der Waals surface area contributed by atoms with Crippen LogP contribution in [0.2, 0.25) is 0 Å². The molecule has 1 unspecified atom stereocenters. The number of likely N-dealkylation sites (tertiary alicyclic amines) is 1. The van der Waals surface area contributed by atoms with Gasteiger partial charge in [0, 0.05) is 12.5 Å². The predicted octanol–water partition coefficient (Wildman–Crippen LogP) is 0.951. The highest BCUT2D eigenvalue weighted by Crippen LogP contribution is 2.22. The van der Waals surface area contributed by atoms with Gasteiger partial charge in [-0.05, 0) is 12.8 Å². The van der Waals surface area contributed by atoms with Crippen LogP contribution in [-0.2, 0) is 14.3 Å². The topological polar surface area (TPSA) is 46.6 Å². The lowest BCUT2D eigenvalue weighted by molar-refractivity contribution is -0.146. The van der Waals surface area contributed by atoms with E-state index in [1.54, 1.807) is 4.90 Å². The molecule has 1 saturated heterocycles. The third-order valence-electron chi connectivity index (χ3n) is 2.60. The zero-order chi connectivity index (χ0) is 10.6. The standard InChI is InChI=1S/C10H17NO3/c1-3-4-8-5-6-9(12)11(8)7-10(13)14-2/h8H,3-7H2,1-2H3. The minimum Gasteiger partial charge on any atom is -0.468 e. The number of methoxy groups -OCH3 is 1. The molecular weight excluding hydrogens is 182 g/mol. The first kappa shape index (κ1) is 11.0. The van der Waals surface area contributed by atoms with E-state index in [1.807, 2.05) is 0 Å². The summed E-state index contributed by atoms with van der Waals surface area (Å²) in [6.45, 7) is 2.19. The molecule has 1 aliphatic heterocycles. The Morgan fingerprint density at radius 2 is 2.36 bits per heavy atom. The van der Waals surface area contributed by atoms with Gasteiger partial charge in [0.05, 0.1) is 7.11 Å². The quantitative estimate of drug-likeness (QED) is 0.633. The molecule has 1 aliphatic rings. The molecule has 0 saturated carbocycles. The number of nitrogens with zero attached hydrogens (tertiary/aromatic N) is 1. The van der Waals surface area contributed by atoms with Gasteiger partial charge in [0.25, 0.3) is 0 Å². The lowest BCUT2D eigenvalue weighted by Crippen LogP contribution is -2.37. The molecule has 80 valence electrons. The van der Waals surface area contributed by atoms with Crippen molar-refractivity contribution in [2.45, 2.75) is 38.6 Å². The molecule has 1 fully saturated rings. The van der Waals surface area contributed by atoms with Gasteiger partial charge < -0.3 is 9.64 Å². The van der Waals surface area contributed by atoms with E-state index in [2.05, 4.69) is 11.7 Å². The van der Waals surface area contributed by atoms with Crippen LogP contribution in [0.1, 0.15) is 32.6 Å². The Kier molecular flexibility index (Phi) is 3.92. The van der Waals surface area contributed by atoms with E-state index in [0.29, 0.717) is 6.42 Å². The number of amides is 1. The fraction of sp³-hybridized carbons (Fsp3) is 0.800. The van der Waals surface area contributed by atoms with Crippen molar-refractivity contribution >= 4 is 11.9 Å². The number of esters is 1. The van der Waals surface area contributed by atoms with Gasteiger partial charge in [-0.1, -0.05) is 13.3 Å². The van der Waals surface area contributed by atoms with Crippen LogP contribution >= 0.6 is 0 Å². The van der Waals surface area contributed by atoms with Crippen LogP contribution in [0, 0.1) is 0 Å². The predicted molar refractivity (Wildman–Crippen MR) is 51.7 cm³/mol. The molecule has 0 aromatic rings. The van der Waals surface area contributed by atoms with Gasteiger partial charge in [-0.2, -0.15) is 0 Å². The zero-order valence-corrected chi connectivity index (χ0v) is 8.78. The van der Waals surface area contributed by atoms with Crippen LogP contribution in [0.4, 0.5) is 0 Å². The van der Waals surface area contributed by atoms with Crippen molar-refractivity contribution < 1.29 is 14.3 Å². The molecule has 1 atom stereocenters. The summed E-state index contributed by atoms with van der Waals surface area (Å²) in [5.41, 5.74) is 0. The first-order chi connectivity index (χ1) is 6.69. The number of ether oxygens (including phenoxy) is 1. The lowest BCUT2D eigenvalue weighted by Gasteiger charge is -2.22. The maximum Gasteiger partial charge on any atom is 0.325 e. The van der Waals surface area contributed by atoms with E-state index in [0.717, 1.165) is 19.3 Å². The molecule has 4 nitrogen and oxygen atoms in total. The lowest BCUT2D eigenvalue weighted by atomic mass is 10.1. The molecule has 0 spiro atoms. The van der Waals surface area contributed by atoms with E-state index < -0.39 is 0 Å². The molecule has 0 N–H and O–H groups in total. The fourth-order valence-electron chi connectivity index (χ4n) is 1.85. The summed E-state index contributed by atoms with van der Waals surface area (Å²) in [6.07, 6.45) is 3.46. The highest BCUT2D eigenvalue weighted by molar-refractivity contribution is 5.83. The smallest absolute Gasteiger partial charge is 0.325 e. The van der Waals surface area contributed by atoms with E-state index in [-0.39, 0.29) is 24.5 Å². The fourth-order valence-corrected chi connectivity index (χ4v) is 1.85. The van der Waals surface area contributed by atoms with Crippen LogP contribution in [0.3, 0.4) is 0 Å². The van der Waals surface area contributed by atoms with Crippen LogP contribution in [0.15, 0.2) is 0 Å². The summed E-state index contributed by atoms with van der Waals surface area (Å²) >= 11 is 0. The minimum atomic E-state index is -0.332. The number of carbonyl (C=O) groups is 2. The van der Waals surface area contributed by atoms with Crippen molar-refractivity contribution in [3.63, 3.8) is 0 Å². The normalized spacial score (nSPS) is 21.4. The van der Waals surface area contributed by atoms with Crippen LogP contribution in [0.5, 0.6) is 0 Å². The molecule has 1 amide bonds. The molecule has 0 aromatic carbocycles. The molecule has 14 heavy (non-hydrogen) atoms. The Morgan fingerprint density at radius 1 is 1.64 bits per heavy atom. The Bertz CT molecular complexity index is 227. The summed E-state index contributed by atoms with van der Waals surface area (Å²) in [7, 11) is 1.34. The average molecular weight is 199 g/mol. The largest absolute Gasteiger partial charge is 0.468 e. The zero-order valence-electron chi connectivity index (χ0n) is 8.78. The van der Waals surface area contributed by atoms with Crippen molar-refractivity contribution in [1.82, 2.24) is 4.90 Å². The SMILES string of the molecule is CCCC1CCC(=O)N1CC(=O)OC. The van der Waals surface area contributed by atoms with Crippen LogP contribution in [0.25, 0.3) is 0 Å². The van der Waals surface area contributed by atoms with Gasteiger partial charge in [0.2, 0.25) is 5.91 Å². The maximum absolute atomic E-state index is 11.4. The third kappa shape index (κ3) is 2.47. The van der Waals surface area contributed by atoms with Gasteiger partial charge in [0.15, 0.2) is 0 Å². The monoisotopic (exact) mass is 199 g/mol. The second-order valence-corrected chi connectivity index (χ2v) is 3.58. The Hall–Kier alpha value is -1.06. The molecular formula is C10H17NO3. The van der Waals surface area contributed by atoms with E-state index >= 15 is 0 Å². The van der Waals surface area contributed by atoms with E-state index in [4.69, 9.17) is 0 Å². The maximum atomic E-state index is 11.4. The molecule has 0 aromatic heterocycles. The van der Waals surface area contributed by atoms with Crippen molar-refractivity contribution in [1.29, 1.82) is 0 Å². The summed E-state index contributed by atoms with van der Waals surface area (Å²) in [5, 5.41) is 0. The Labute approximate surface area is 84.2 Å². The van der Waals surface area contributed by atoms with E-state index in [9.17, 15) is 9.59 Å². The second-order valence-electron chi connectivity index (χ2n) is 3.58. The second kappa shape index (κ2) is 4.98. The number of hydrogen-bond acceptors (Lipinski definition) is 3. The molecule has 0 bridgehead atoms. The molecule has 0 aliphatic carbocycles. The highest BCUT2D eigenvalue weighted by Gasteiger charge is 2.31. The van der Waals surface area contributed by atoms with Crippen molar-refractivity contribution in [3.05, 3.63) is 0 Å². The van der Waals surface area contributed by atoms with Crippen molar-refractivity contribution in [2.75, 3.05) is 13.7 Å². The highest BCUT2D eigenvalue weighted by atomic mass is 16.5. The average Bonchev–Trinajstić information content (AvgIpc) is 2.50. The van der Waals surface area contributed by atoms with Crippen molar-refractivity contribution in [2.24, 2.45) is 0 Å². The van der Waals surface area contributed by atoms with Gasteiger partial charge >= 0.3 is 5.97 Å². The molecule has 4 heteroatoms. The van der Waals surface area contributed by atoms with Crippen molar-refractivity contribution in [3.8, 4) is 0 Å². The molecule has 1 heterocycles. The minimum absolute atomic E-state index is 0.0776. The number of rotatable bonds is 4. The first-order valence-corrected chi connectivity index (χ1v) is 5.05. The first-order valence-electron chi connectivity index (χ1n) is 5.05. The van der Waals surface area contributed by atoms with E-state index in [1.165, 1.54) is 7.11 Å².